The van der Waals surface area contributed by atoms with Crippen molar-refractivity contribution in [2.75, 3.05) is 31.6 Å². The molecule has 1 amide bonds. The second kappa shape index (κ2) is 9.89. The second-order valence-corrected chi connectivity index (χ2v) is 9.58. The molecule has 0 unspecified atom stereocenters. The number of nitrogens with one attached hydrogen (secondary N) is 2. The Hall–Kier alpha value is -1.97. The number of carbonyl (C=O) groups is 1. The number of hydrogen-bond donors (Lipinski definition) is 2. The molecule has 2 N–H and O–H groups in total. The highest BCUT2D eigenvalue weighted by Crippen LogP contribution is 2.23. The molecule has 0 radical (unpaired) electrons. The van der Waals surface area contributed by atoms with E-state index in [0.717, 1.165) is 38.4 Å². The van der Waals surface area contributed by atoms with E-state index in [1.54, 1.807) is 19.9 Å². The summed E-state index contributed by atoms with van der Waals surface area (Å²) in [6, 6.07) is 11.4. The predicted molar refractivity (Wildman–Crippen MR) is 117 cm³/mol. The van der Waals surface area contributed by atoms with Crippen LogP contribution in [-0.4, -0.2) is 51.6 Å². The van der Waals surface area contributed by atoms with E-state index in [0.29, 0.717) is 5.69 Å². The Bertz CT molecular complexity index is 1010. The number of hydrogen-bond acceptors (Lipinski definition) is 5. The van der Waals surface area contributed by atoms with Crippen LogP contribution in [0.1, 0.15) is 29.8 Å². The molecule has 0 aromatic heterocycles. The summed E-state index contributed by atoms with van der Waals surface area (Å²) in [6.07, 6.45) is 0. The summed E-state index contributed by atoms with van der Waals surface area (Å²) in [5, 5.41) is 3.00. The minimum absolute atomic E-state index is 0.00758. The molecule has 3 rings (SSSR count). The summed E-state index contributed by atoms with van der Waals surface area (Å²) in [5.41, 5.74) is 1.79. The fourth-order valence-electron chi connectivity index (χ4n) is 3.19. The molecule has 9 heteroatoms. The van der Waals surface area contributed by atoms with E-state index < -0.39 is 15.9 Å². The first-order valence-corrected chi connectivity index (χ1v) is 11.6. The topological polar surface area (TPSA) is 87.7 Å². The van der Waals surface area contributed by atoms with Crippen molar-refractivity contribution in [3.8, 4) is 0 Å². The number of carbonyl (C=O) groups excluding carboxylic acids is 1. The van der Waals surface area contributed by atoms with E-state index in [1.807, 2.05) is 18.2 Å². The van der Waals surface area contributed by atoms with Crippen molar-refractivity contribution >= 4 is 33.2 Å². The number of sulfonamides is 1. The third-order valence-electron chi connectivity index (χ3n) is 4.58. The van der Waals surface area contributed by atoms with Gasteiger partial charge in [0.25, 0.3) is 5.91 Å². The van der Waals surface area contributed by atoms with Gasteiger partial charge in [0, 0.05) is 31.4 Å². The number of ether oxygens (including phenoxy) is 1. The van der Waals surface area contributed by atoms with Crippen LogP contribution in [0.4, 0.5) is 5.69 Å². The molecule has 162 valence electrons. The molecule has 2 aromatic carbocycles. The van der Waals surface area contributed by atoms with Gasteiger partial charge in [0.15, 0.2) is 0 Å². The maximum Gasteiger partial charge on any atom is 0.257 e. The number of morpholine rings is 1. The zero-order valence-corrected chi connectivity index (χ0v) is 18.6. The van der Waals surface area contributed by atoms with E-state index in [-0.39, 0.29) is 21.5 Å². The van der Waals surface area contributed by atoms with E-state index >= 15 is 0 Å². The van der Waals surface area contributed by atoms with Gasteiger partial charge < -0.3 is 10.1 Å². The van der Waals surface area contributed by atoms with E-state index in [1.165, 1.54) is 18.2 Å². The lowest BCUT2D eigenvalue weighted by atomic mass is 10.1. The standard InChI is InChI=1S/C21H26ClN3O4S/c1-15(2)24-30(27,28)18-6-7-20(22)19(13-18)21(26)23-17-5-3-4-16(12-17)14-25-8-10-29-11-9-25/h3-7,12-13,15,24H,8-11,14H2,1-2H3,(H,23,26). The molecular weight excluding hydrogens is 426 g/mol. The first-order valence-electron chi connectivity index (χ1n) is 9.77. The molecule has 1 aliphatic rings. The van der Waals surface area contributed by atoms with Crippen LogP contribution in [0.3, 0.4) is 0 Å². The fourth-order valence-corrected chi connectivity index (χ4v) is 4.67. The lowest BCUT2D eigenvalue weighted by Gasteiger charge is -2.26. The first kappa shape index (κ1) is 22.7. The third kappa shape index (κ3) is 6.02. The second-order valence-electron chi connectivity index (χ2n) is 7.46. The Morgan fingerprint density at radius 1 is 1.17 bits per heavy atom. The molecule has 0 spiro atoms. The van der Waals surface area contributed by atoms with Crippen LogP contribution in [0.25, 0.3) is 0 Å². The van der Waals surface area contributed by atoms with Gasteiger partial charge in [-0.05, 0) is 49.7 Å². The number of halogens is 1. The molecule has 0 saturated carbocycles. The zero-order chi connectivity index (χ0) is 21.7. The van der Waals surface area contributed by atoms with Crippen LogP contribution >= 0.6 is 11.6 Å². The summed E-state index contributed by atoms with van der Waals surface area (Å²) < 4.78 is 32.7. The van der Waals surface area contributed by atoms with Crippen molar-refractivity contribution in [1.82, 2.24) is 9.62 Å². The molecule has 7 nitrogen and oxygen atoms in total. The largest absolute Gasteiger partial charge is 0.379 e. The number of benzene rings is 2. The van der Waals surface area contributed by atoms with Gasteiger partial charge in [0.05, 0.1) is 28.7 Å². The Morgan fingerprint density at radius 2 is 1.90 bits per heavy atom. The molecule has 1 aliphatic heterocycles. The molecule has 1 fully saturated rings. The Balaban J connectivity index is 1.76. The van der Waals surface area contributed by atoms with Crippen LogP contribution in [0, 0.1) is 0 Å². The van der Waals surface area contributed by atoms with Crippen LogP contribution in [0.15, 0.2) is 47.4 Å². The number of nitrogens with zero attached hydrogens (tertiary/aromatic N) is 1. The minimum Gasteiger partial charge on any atom is -0.379 e. The van der Waals surface area contributed by atoms with Crippen LogP contribution in [0.2, 0.25) is 5.02 Å². The maximum absolute atomic E-state index is 12.8. The van der Waals surface area contributed by atoms with Crippen molar-refractivity contribution < 1.29 is 17.9 Å². The van der Waals surface area contributed by atoms with Crippen molar-refractivity contribution in [3.63, 3.8) is 0 Å². The SMILES string of the molecule is CC(C)NS(=O)(=O)c1ccc(Cl)c(C(=O)Nc2cccc(CN3CCOCC3)c2)c1. The van der Waals surface area contributed by atoms with Crippen molar-refractivity contribution in [1.29, 1.82) is 0 Å². The van der Waals surface area contributed by atoms with Crippen molar-refractivity contribution in [2.24, 2.45) is 0 Å². The van der Waals surface area contributed by atoms with Gasteiger partial charge in [-0.3, -0.25) is 9.69 Å². The van der Waals surface area contributed by atoms with E-state index in [9.17, 15) is 13.2 Å². The highest BCUT2D eigenvalue weighted by molar-refractivity contribution is 7.89. The first-order chi connectivity index (χ1) is 14.2. The Kier molecular flexibility index (Phi) is 7.49. The Morgan fingerprint density at radius 3 is 2.60 bits per heavy atom. The van der Waals surface area contributed by atoms with E-state index in [4.69, 9.17) is 16.3 Å². The summed E-state index contributed by atoms with van der Waals surface area (Å²) in [4.78, 5) is 15.1. The third-order valence-corrected chi connectivity index (χ3v) is 6.56. The summed E-state index contributed by atoms with van der Waals surface area (Å²) in [5.74, 6) is -0.467. The molecule has 1 heterocycles. The van der Waals surface area contributed by atoms with Crippen LogP contribution in [0.5, 0.6) is 0 Å². The molecule has 2 aromatic rings. The predicted octanol–water partition coefficient (Wildman–Crippen LogP) is 3.11. The molecule has 0 bridgehead atoms. The highest BCUT2D eigenvalue weighted by Gasteiger charge is 2.20. The zero-order valence-electron chi connectivity index (χ0n) is 17.0. The summed E-state index contributed by atoms with van der Waals surface area (Å²) >= 11 is 6.18. The number of anilines is 1. The van der Waals surface area contributed by atoms with Gasteiger partial charge in [-0.2, -0.15) is 0 Å². The van der Waals surface area contributed by atoms with E-state index in [2.05, 4.69) is 14.9 Å². The van der Waals surface area contributed by atoms with Gasteiger partial charge in [-0.25, -0.2) is 13.1 Å². The van der Waals surface area contributed by atoms with Crippen LogP contribution < -0.4 is 10.0 Å². The molecule has 0 atom stereocenters. The number of rotatable bonds is 7. The maximum atomic E-state index is 12.8. The van der Waals surface area contributed by atoms with Gasteiger partial charge >= 0.3 is 0 Å². The monoisotopic (exact) mass is 451 g/mol. The average molecular weight is 452 g/mol. The molecular formula is C21H26ClN3O4S. The average Bonchev–Trinajstić information content (AvgIpc) is 2.68. The molecule has 1 saturated heterocycles. The van der Waals surface area contributed by atoms with Gasteiger partial charge in [-0.1, -0.05) is 23.7 Å². The molecule has 0 aliphatic carbocycles. The fraction of sp³-hybridized carbons (Fsp3) is 0.381. The lowest BCUT2D eigenvalue weighted by molar-refractivity contribution is 0.0342. The van der Waals surface area contributed by atoms with Gasteiger partial charge in [-0.15, -0.1) is 0 Å². The quantitative estimate of drug-likeness (QED) is 0.675. The minimum atomic E-state index is -3.73. The number of amides is 1. The van der Waals surface area contributed by atoms with Gasteiger partial charge in [0.1, 0.15) is 0 Å². The lowest BCUT2D eigenvalue weighted by Crippen LogP contribution is -2.35. The highest BCUT2D eigenvalue weighted by atomic mass is 35.5. The van der Waals surface area contributed by atoms with Crippen molar-refractivity contribution in [3.05, 3.63) is 58.6 Å². The van der Waals surface area contributed by atoms with Gasteiger partial charge in [0.2, 0.25) is 10.0 Å². The van der Waals surface area contributed by atoms with Crippen LogP contribution in [-0.2, 0) is 21.3 Å². The Labute approximate surface area is 182 Å². The van der Waals surface area contributed by atoms with Crippen molar-refractivity contribution in [2.45, 2.75) is 31.3 Å². The normalized spacial score (nSPS) is 15.3. The smallest absolute Gasteiger partial charge is 0.257 e. The molecule has 30 heavy (non-hydrogen) atoms. The summed E-state index contributed by atoms with van der Waals surface area (Å²) in [6.45, 7) is 7.41. The summed E-state index contributed by atoms with van der Waals surface area (Å²) in [7, 11) is -3.73.